The van der Waals surface area contributed by atoms with E-state index in [-0.39, 0.29) is 24.1 Å². The minimum absolute atomic E-state index is 0.0103. The Morgan fingerprint density at radius 3 is 2.61 bits per heavy atom. The Labute approximate surface area is 221 Å². The molecule has 2 amide bonds. The van der Waals surface area contributed by atoms with E-state index in [4.69, 9.17) is 14.8 Å². The van der Waals surface area contributed by atoms with Gasteiger partial charge in [-0.2, -0.15) is 0 Å². The van der Waals surface area contributed by atoms with Gasteiger partial charge < -0.3 is 25.0 Å². The third-order valence-electron chi connectivity index (χ3n) is 6.82. The van der Waals surface area contributed by atoms with E-state index in [1.165, 1.54) is 6.08 Å². The summed E-state index contributed by atoms with van der Waals surface area (Å²) in [7, 11) is 0. The van der Waals surface area contributed by atoms with Gasteiger partial charge in [0.1, 0.15) is 11.3 Å². The number of ether oxygens (including phenoxy) is 1. The molecule has 2 saturated heterocycles. The van der Waals surface area contributed by atoms with Gasteiger partial charge in [-0.1, -0.05) is 18.2 Å². The number of nitrogens with one attached hydrogen (secondary N) is 1. The summed E-state index contributed by atoms with van der Waals surface area (Å²) in [6.45, 7) is 7.94. The molecule has 2 N–H and O–H groups in total. The van der Waals surface area contributed by atoms with Crippen LogP contribution in [0.3, 0.4) is 0 Å². The largest absolute Gasteiger partial charge is 0.507 e. The summed E-state index contributed by atoms with van der Waals surface area (Å²) >= 11 is 0. The molecule has 0 atom stereocenters. The molecule has 0 saturated carbocycles. The summed E-state index contributed by atoms with van der Waals surface area (Å²) in [6.07, 6.45) is 5.07. The van der Waals surface area contributed by atoms with Crippen LogP contribution in [0.4, 0.5) is 5.82 Å². The normalized spacial score (nSPS) is 16.9. The number of amides is 2. The number of benzene rings is 1. The number of fused-ring (bicyclic) bond motifs is 1. The molecular formula is C27H33N7O4. The Balaban J connectivity index is 1.30. The third-order valence-corrected chi connectivity index (χ3v) is 6.82. The predicted octanol–water partition coefficient (Wildman–Crippen LogP) is 1.28. The number of rotatable bonds is 7. The van der Waals surface area contributed by atoms with Gasteiger partial charge >= 0.3 is 0 Å². The van der Waals surface area contributed by atoms with E-state index >= 15 is 0 Å². The van der Waals surface area contributed by atoms with Gasteiger partial charge in [0.2, 0.25) is 11.8 Å². The van der Waals surface area contributed by atoms with Crippen LogP contribution in [-0.2, 0) is 20.9 Å². The van der Waals surface area contributed by atoms with Crippen molar-refractivity contribution in [2.75, 3.05) is 63.9 Å². The zero-order chi connectivity index (χ0) is 26.5. The fraction of sp³-hybridized carbons (Fsp3) is 0.407. The first-order valence-electron chi connectivity index (χ1n) is 12.9. The van der Waals surface area contributed by atoms with E-state index in [0.717, 1.165) is 49.6 Å². The second-order valence-corrected chi connectivity index (χ2v) is 9.43. The molecule has 2 aliphatic heterocycles. The van der Waals surface area contributed by atoms with Gasteiger partial charge in [0.15, 0.2) is 11.6 Å². The number of anilines is 1. The SMILES string of the molecule is C/C=C\C(=O)NCC(=O)N1CCN(Cc2cc3c(N4CCOCC4)nc(-c4ccccc4O)nn3c2)CC1. The van der Waals surface area contributed by atoms with E-state index in [2.05, 4.69) is 21.2 Å². The summed E-state index contributed by atoms with van der Waals surface area (Å²) < 4.78 is 7.40. The minimum Gasteiger partial charge on any atom is -0.507 e. The van der Waals surface area contributed by atoms with Gasteiger partial charge in [0.05, 0.1) is 25.3 Å². The van der Waals surface area contributed by atoms with Crippen molar-refractivity contribution in [1.29, 1.82) is 0 Å². The summed E-state index contributed by atoms with van der Waals surface area (Å²) in [5, 5.41) is 17.8. The first-order chi connectivity index (χ1) is 18.5. The molecule has 11 heteroatoms. The molecule has 0 radical (unpaired) electrons. The van der Waals surface area contributed by atoms with Crippen LogP contribution >= 0.6 is 0 Å². The lowest BCUT2D eigenvalue weighted by atomic mass is 10.2. The Bertz CT molecular complexity index is 1320. The van der Waals surface area contributed by atoms with Crippen molar-refractivity contribution >= 4 is 23.1 Å². The number of aromatic hydroxyl groups is 1. The van der Waals surface area contributed by atoms with Gasteiger partial charge in [-0.3, -0.25) is 14.5 Å². The number of phenolic OH excluding ortho intramolecular Hbond substituents is 1. The number of hydrogen-bond donors (Lipinski definition) is 2. The van der Waals surface area contributed by atoms with Crippen molar-refractivity contribution in [1.82, 2.24) is 29.7 Å². The van der Waals surface area contributed by atoms with Crippen LogP contribution in [0.2, 0.25) is 0 Å². The zero-order valence-electron chi connectivity index (χ0n) is 21.5. The lowest BCUT2D eigenvalue weighted by molar-refractivity contribution is -0.133. The molecule has 2 aromatic heterocycles. The number of piperazine rings is 1. The molecule has 2 aliphatic rings. The number of aromatic nitrogens is 3. The quantitative estimate of drug-likeness (QED) is 0.449. The molecule has 5 rings (SSSR count). The average Bonchev–Trinajstić information content (AvgIpc) is 3.35. The van der Waals surface area contributed by atoms with Crippen molar-refractivity contribution in [2.24, 2.45) is 0 Å². The zero-order valence-corrected chi connectivity index (χ0v) is 21.5. The van der Waals surface area contributed by atoms with Crippen LogP contribution in [0, 0.1) is 0 Å². The molecule has 1 aromatic carbocycles. The van der Waals surface area contributed by atoms with Gasteiger partial charge in [-0.05, 0) is 36.8 Å². The molecule has 200 valence electrons. The third kappa shape index (κ3) is 5.79. The summed E-state index contributed by atoms with van der Waals surface area (Å²) in [4.78, 5) is 35.2. The van der Waals surface area contributed by atoms with E-state index in [1.54, 1.807) is 30.0 Å². The fourth-order valence-electron chi connectivity index (χ4n) is 4.81. The molecule has 3 aromatic rings. The first kappa shape index (κ1) is 25.7. The smallest absolute Gasteiger partial charge is 0.244 e. The molecule has 0 bridgehead atoms. The maximum Gasteiger partial charge on any atom is 0.244 e. The number of carbonyl (C=O) groups is 2. The first-order valence-corrected chi connectivity index (χ1v) is 12.9. The summed E-state index contributed by atoms with van der Waals surface area (Å²) in [6, 6.07) is 9.21. The lowest BCUT2D eigenvalue weighted by Gasteiger charge is -2.34. The number of para-hydroxylation sites is 1. The van der Waals surface area contributed by atoms with Crippen molar-refractivity contribution in [3.05, 3.63) is 54.2 Å². The van der Waals surface area contributed by atoms with Crippen LogP contribution in [0.1, 0.15) is 12.5 Å². The molecule has 0 unspecified atom stereocenters. The van der Waals surface area contributed by atoms with Gasteiger partial charge in [0.25, 0.3) is 0 Å². The highest BCUT2D eigenvalue weighted by Gasteiger charge is 2.23. The second kappa shape index (κ2) is 11.6. The van der Waals surface area contributed by atoms with Crippen LogP contribution in [-0.4, -0.2) is 100 Å². The highest BCUT2D eigenvalue weighted by Crippen LogP contribution is 2.30. The van der Waals surface area contributed by atoms with Crippen LogP contribution in [0.25, 0.3) is 16.9 Å². The van der Waals surface area contributed by atoms with Crippen LogP contribution < -0.4 is 10.2 Å². The monoisotopic (exact) mass is 519 g/mol. The summed E-state index contributed by atoms with van der Waals surface area (Å²) in [5.74, 6) is 1.10. The molecular weight excluding hydrogens is 486 g/mol. The molecule has 0 spiro atoms. The topological polar surface area (TPSA) is 116 Å². The average molecular weight is 520 g/mol. The van der Waals surface area contributed by atoms with E-state index in [9.17, 15) is 14.7 Å². The Kier molecular flexibility index (Phi) is 7.85. The van der Waals surface area contributed by atoms with Crippen molar-refractivity contribution in [3.8, 4) is 17.1 Å². The maximum atomic E-state index is 12.5. The Morgan fingerprint density at radius 1 is 1.11 bits per heavy atom. The van der Waals surface area contributed by atoms with Gasteiger partial charge in [-0.15, -0.1) is 5.10 Å². The second-order valence-electron chi connectivity index (χ2n) is 9.43. The summed E-state index contributed by atoms with van der Waals surface area (Å²) in [5.41, 5.74) is 2.59. The van der Waals surface area contributed by atoms with Crippen LogP contribution in [0.15, 0.2) is 48.7 Å². The van der Waals surface area contributed by atoms with Crippen molar-refractivity contribution in [3.63, 3.8) is 0 Å². The molecule has 38 heavy (non-hydrogen) atoms. The van der Waals surface area contributed by atoms with Crippen LogP contribution in [0.5, 0.6) is 5.75 Å². The lowest BCUT2D eigenvalue weighted by Crippen LogP contribution is -2.50. The number of morpholine rings is 1. The van der Waals surface area contributed by atoms with E-state index in [0.29, 0.717) is 37.7 Å². The Morgan fingerprint density at radius 2 is 1.87 bits per heavy atom. The standard InChI is InChI=1S/C27H33N7O4/c1-2-5-24(36)28-17-25(37)32-10-8-31(9-11-32)18-20-16-22-27(33-12-14-38-15-13-33)29-26(30-34(22)19-20)21-6-3-4-7-23(21)35/h2-7,16,19,35H,8-15,17-18H2,1H3,(H,28,36)/b5-2-. The number of hydrogen-bond acceptors (Lipinski definition) is 8. The highest BCUT2D eigenvalue weighted by molar-refractivity contribution is 5.91. The predicted molar refractivity (Wildman–Crippen MR) is 143 cm³/mol. The number of carbonyl (C=O) groups excluding carboxylic acids is 2. The number of allylic oxidation sites excluding steroid dienone is 1. The van der Waals surface area contributed by atoms with E-state index in [1.807, 2.05) is 22.8 Å². The molecule has 11 nitrogen and oxygen atoms in total. The van der Waals surface area contributed by atoms with E-state index < -0.39 is 0 Å². The highest BCUT2D eigenvalue weighted by atomic mass is 16.5. The van der Waals surface area contributed by atoms with Gasteiger partial charge in [0, 0.05) is 52.0 Å². The molecule has 2 fully saturated rings. The fourth-order valence-corrected chi connectivity index (χ4v) is 4.81. The molecule has 4 heterocycles. The van der Waals surface area contributed by atoms with Crippen molar-refractivity contribution < 1.29 is 19.4 Å². The molecule has 0 aliphatic carbocycles. The minimum atomic E-state index is -0.259. The maximum absolute atomic E-state index is 12.5. The van der Waals surface area contributed by atoms with Gasteiger partial charge in [-0.25, -0.2) is 9.50 Å². The number of phenols is 1. The van der Waals surface area contributed by atoms with Crippen molar-refractivity contribution in [2.45, 2.75) is 13.5 Å². The number of nitrogens with zero attached hydrogens (tertiary/aromatic N) is 6. The Hall–Kier alpha value is -3.96.